The third-order valence-electron chi connectivity index (χ3n) is 6.25. The summed E-state index contributed by atoms with van der Waals surface area (Å²) in [4.78, 5) is 30.2. The first-order chi connectivity index (χ1) is 17.6. The zero-order valence-electron chi connectivity index (χ0n) is 21.3. The van der Waals surface area contributed by atoms with Crippen molar-refractivity contribution >= 4 is 33.4 Å². The third-order valence-corrected chi connectivity index (χ3v) is 7.70. The number of sulfonamides is 1. The van der Waals surface area contributed by atoms with Gasteiger partial charge in [-0.25, -0.2) is 8.42 Å². The molecule has 202 valence electrons. The van der Waals surface area contributed by atoms with Crippen LogP contribution in [0.4, 0.5) is 0 Å². The number of carbonyl (C=O) groups is 2. The Bertz CT molecular complexity index is 1130. The second-order valence-electron chi connectivity index (χ2n) is 9.09. The number of hydrogen-bond donors (Lipinski definition) is 1. The molecule has 2 amide bonds. The van der Waals surface area contributed by atoms with Crippen LogP contribution in [0.2, 0.25) is 5.02 Å². The zero-order valence-corrected chi connectivity index (χ0v) is 22.9. The summed E-state index contributed by atoms with van der Waals surface area (Å²) in [6.07, 6.45) is 1.08. The van der Waals surface area contributed by atoms with Gasteiger partial charge in [0, 0.05) is 44.3 Å². The van der Waals surface area contributed by atoms with Gasteiger partial charge in [0.05, 0.1) is 26.0 Å². The number of amides is 2. The van der Waals surface area contributed by atoms with Gasteiger partial charge in [0.2, 0.25) is 21.8 Å². The number of nitrogens with zero attached hydrogens (tertiary/aromatic N) is 3. The van der Waals surface area contributed by atoms with Crippen molar-refractivity contribution in [2.24, 2.45) is 0 Å². The number of morpholine rings is 1. The molecule has 2 aromatic carbocycles. The molecule has 3 rings (SSSR count). The molecule has 0 spiro atoms. The van der Waals surface area contributed by atoms with Crippen molar-refractivity contribution in [2.45, 2.75) is 26.1 Å². The Morgan fingerprint density at radius 3 is 2.27 bits per heavy atom. The molecule has 1 saturated heterocycles. The van der Waals surface area contributed by atoms with Crippen molar-refractivity contribution < 1.29 is 22.7 Å². The van der Waals surface area contributed by atoms with E-state index < -0.39 is 22.0 Å². The molecule has 0 aromatic heterocycles. The summed E-state index contributed by atoms with van der Waals surface area (Å²) in [6, 6.07) is 15.3. The van der Waals surface area contributed by atoms with Gasteiger partial charge >= 0.3 is 0 Å². The van der Waals surface area contributed by atoms with Crippen LogP contribution in [0.25, 0.3) is 0 Å². The third kappa shape index (κ3) is 9.39. The smallest absolute Gasteiger partial charge is 0.242 e. The lowest BCUT2D eigenvalue weighted by atomic mass is 10.1. The van der Waals surface area contributed by atoms with Gasteiger partial charge in [-0.3, -0.25) is 14.5 Å². The topological polar surface area (TPSA) is 99.3 Å². The fourth-order valence-corrected chi connectivity index (χ4v) is 4.85. The molecular weight excluding hydrogens is 516 g/mol. The summed E-state index contributed by atoms with van der Waals surface area (Å²) in [6.45, 7) is 5.57. The highest BCUT2D eigenvalue weighted by atomic mass is 35.5. The molecule has 1 heterocycles. The van der Waals surface area contributed by atoms with Crippen molar-refractivity contribution in [1.82, 2.24) is 19.4 Å². The number of benzene rings is 2. The number of nitrogens with one attached hydrogen (secondary N) is 1. The van der Waals surface area contributed by atoms with Crippen molar-refractivity contribution in [3.63, 3.8) is 0 Å². The van der Waals surface area contributed by atoms with Crippen LogP contribution in [0.3, 0.4) is 0 Å². The molecule has 9 nitrogen and oxygen atoms in total. The van der Waals surface area contributed by atoms with Crippen LogP contribution < -0.4 is 5.32 Å². The largest absolute Gasteiger partial charge is 0.379 e. The Hall–Kier alpha value is -2.50. The summed E-state index contributed by atoms with van der Waals surface area (Å²) < 4.78 is 31.5. The van der Waals surface area contributed by atoms with E-state index in [-0.39, 0.29) is 25.5 Å². The fourth-order valence-electron chi connectivity index (χ4n) is 4.00. The number of rotatable bonds is 12. The van der Waals surface area contributed by atoms with Crippen LogP contribution in [0.15, 0.2) is 54.6 Å². The fraction of sp³-hybridized carbons (Fsp3) is 0.462. The highest BCUT2D eigenvalue weighted by Crippen LogP contribution is 2.16. The van der Waals surface area contributed by atoms with Crippen molar-refractivity contribution in [1.29, 1.82) is 0 Å². The number of hydrogen-bond acceptors (Lipinski definition) is 6. The molecule has 37 heavy (non-hydrogen) atoms. The van der Waals surface area contributed by atoms with Crippen LogP contribution >= 0.6 is 11.6 Å². The molecule has 0 unspecified atom stereocenters. The van der Waals surface area contributed by atoms with Crippen LogP contribution in [0.5, 0.6) is 0 Å². The average molecular weight is 551 g/mol. The number of carbonyl (C=O) groups excluding carboxylic acids is 2. The maximum atomic E-state index is 13.5. The molecule has 11 heteroatoms. The predicted octanol–water partition coefficient (Wildman–Crippen LogP) is 1.97. The maximum absolute atomic E-state index is 13.5. The Balaban J connectivity index is 1.72. The predicted molar refractivity (Wildman–Crippen MR) is 143 cm³/mol. The Kier molecular flexibility index (Phi) is 10.9. The van der Waals surface area contributed by atoms with Gasteiger partial charge in [-0.15, -0.1) is 0 Å². The first-order valence-corrected chi connectivity index (χ1v) is 14.5. The second kappa shape index (κ2) is 13.9. The van der Waals surface area contributed by atoms with Crippen molar-refractivity contribution in [3.8, 4) is 0 Å². The van der Waals surface area contributed by atoms with Crippen LogP contribution in [0, 0.1) is 0 Å². The molecular formula is C26H35ClN4O5S. The minimum absolute atomic E-state index is 0.0559. The quantitative estimate of drug-likeness (QED) is 0.434. The summed E-state index contributed by atoms with van der Waals surface area (Å²) in [5.74, 6) is -0.767. The highest BCUT2D eigenvalue weighted by Gasteiger charge is 2.30. The van der Waals surface area contributed by atoms with E-state index in [1.165, 1.54) is 4.90 Å². The average Bonchev–Trinajstić information content (AvgIpc) is 2.88. The normalized spacial score (nSPS) is 15.4. The van der Waals surface area contributed by atoms with Gasteiger partial charge in [-0.05, 0) is 30.2 Å². The summed E-state index contributed by atoms with van der Waals surface area (Å²) in [5, 5.41) is 3.47. The van der Waals surface area contributed by atoms with E-state index in [9.17, 15) is 18.0 Å². The maximum Gasteiger partial charge on any atom is 0.242 e. The number of ether oxygens (including phenoxy) is 1. The zero-order chi connectivity index (χ0) is 26.8. The van der Waals surface area contributed by atoms with Crippen LogP contribution in [0.1, 0.15) is 18.1 Å². The van der Waals surface area contributed by atoms with E-state index >= 15 is 0 Å². The van der Waals surface area contributed by atoms with Gasteiger partial charge in [0.1, 0.15) is 6.04 Å². The Morgan fingerprint density at radius 1 is 1.03 bits per heavy atom. The van der Waals surface area contributed by atoms with Crippen LogP contribution in [-0.2, 0) is 37.4 Å². The van der Waals surface area contributed by atoms with E-state index in [2.05, 4.69) is 10.2 Å². The molecule has 1 aliphatic heterocycles. The lowest BCUT2D eigenvalue weighted by molar-refractivity contribution is -0.140. The summed E-state index contributed by atoms with van der Waals surface area (Å²) >= 11 is 6.01. The van der Waals surface area contributed by atoms with Crippen molar-refractivity contribution in [3.05, 3.63) is 70.7 Å². The standard InChI is InChI=1S/C26H35ClN4O5S/c1-21(26(33)28-12-13-29-14-16-36-17-15-29)31(19-23-8-10-24(27)11-9-23)25(32)20-30(37(2,34)35)18-22-6-4-3-5-7-22/h3-11,21H,12-20H2,1-2H3,(H,28,33)/t21-/m0/s1. The Morgan fingerprint density at radius 2 is 1.65 bits per heavy atom. The molecule has 1 fully saturated rings. The second-order valence-corrected chi connectivity index (χ2v) is 11.5. The lowest BCUT2D eigenvalue weighted by Gasteiger charge is -2.31. The molecule has 0 aliphatic carbocycles. The molecule has 0 bridgehead atoms. The summed E-state index contributed by atoms with van der Waals surface area (Å²) in [5.41, 5.74) is 1.54. The summed E-state index contributed by atoms with van der Waals surface area (Å²) in [7, 11) is -3.69. The van der Waals surface area contributed by atoms with E-state index in [1.807, 2.05) is 18.2 Å². The van der Waals surface area contributed by atoms with Gasteiger partial charge in [-0.1, -0.05) is 54.1 Å². The Labute approximate surface area is 224 Å². The molecule has 0 radical (unpaired) electrons. The number of halogens is 1. The van der Waals surface area contributed by atoms with Gasteiger partial charge in [-0.2, -0.15) is 4.31 Å². The van der Waals surface area contributed by atoms with E-state index in [4.69, 9.17) is 16.3 Å². The minimum atomic E-state index is -3.69. The van der Waals surface area contributed by atoms with E-state index in [1.54, 1.807) is 43.3 Å². The van der Waals surface area contributed by atoms with E-state index in [0.29, 0.717) is 31.3 Å². The first-order valence-electron chi connectivity index (χ1n) is 12.2. The van der Waals surface area contributed by atoms with Crippen LogP contribution in [-0.4, -0.2) is 92.6 Å². The monoisotopic (exact) mass is 550 g/mol. The molecule has 1 atom stereocenters. The molecule has 1 N–H and O–H groups in total. The van der Waals surface area contributed by atoms with Gasteiger partial charge < -0.3 is 15.0 Å². The van der Waals surface area contributed by atoms with Crippen molar-refractivity contribution in [2.75, 3.05) is 52.2 Å². The SMILES string of the molecule is C[C@@H](C(=O)NCCN1CCOCC1)N(Cc1ccc(Cl)cc1)C(=O)CN(Cc1ccccc1)S(C)(=O)=O. The first kappa shape index (κ1) is 29.1. The molecule has 2 aromatic rings. The van der Waals surface area contributed by atoms with Gasteiger partial charge in [0.25, 0.3) is 0 Å². The van der Waals surface area contributed by atoms with Gasteiger partial charge in [0.15, 0.2) is 0 Å². The molecule has 1 aliphatic rings. The lowest BCUT2D eigenvalue weighted by Crippen LogP contribution is -2.52. The molecule has 0 saturated carbocycles. The van der Waals surface area contributed by atoms with E-state index in [0.717, 1.165) is 34.8 Å². The minimum Gasteiger partial charge on any atom is -0.379 e. The highest BCUT2D eigenvalue weighted by molar-refractivity contribution is 7.88.